The number of aliphatic carboxylic acids is 1. The van der Waals surface area contributed by atoms with Crippen LogP contribution in [0.3, 0.4) is 0 Å². The maximum Gasteiger partial charge on any atom is 0.373 e. The van der Waals surface area contributed by atoms with Crippen LogP contribution in [0.5, 0.6) is 0 Å². The second-order valence-electron chi connectivity index (χ2n) is 23.5. The van der Waals surface area contributed by atoms with Crippen LogP contribution in [0.2, 0.25) is 0 Å². The average molecular weight is 1230 g/mol. The monoisotopic (exact) mass is 1230 g/mol. The fourth-order valence-electron chi connectivity index (χ4n) is 10.4. The number of ketones is 2. The Morgan fingerprint density at radius 1 is 0.614 bits per heavy atom. The number of rotatable bonds is 32. The molecule has 8 amide bonds. The summed E-state index contributed by atoms with van der Waals surface area (Å²) >= 11 is 0. The van der Waals surface area contributed by atoms with E-state index in [1.165, 1.54) is 18.7 Å². The SMILES string of the molecule is CC[C@H](CC(=O)[C@@H](NC(C)C)[C@@H](C)O)C(=O)N[C@@H](C)C(=O)N[C@@H](Cc1c[nH]c2ccccc12)C(=O)N[C@H](C(=O)N[C@@H](CC(=O)O)C(=O)NCC(=O)N[C@@H](Cc1c[nH]c2ccccc12)C(=O)N[C@H](C(=O)N1CCC[C@H]1C(=O)C(C)C)C(C)C)C(C)C.O=C=O. The Morgan fingerprint density at radius 2 is 1.12 bits per heavy atom. The number of benzene rings is 2. The molecule has 0 unspecified atom stereocenters. The molecule has 26 heteroatoms. The van der Waals surface area contributed by atoms with Crippen molar-refractivity contribution in [1.82, 2.24) is 57.4 Å². The lowest BCUT2D eigenvalue weighted by molar-refractivity contribution is -0.192. The lowest BCUT2D eigenvalue weighted by Gasteiger charge is -2.32. The van der Waals surface area contributed by atoms with Crippen molar-refractivity contribution in [2.75, 3.05) is 13.1 Å². The molecule has 0 saturated carbocycles. The van der Waals surface area contributed by atoms with Crippen LogP contribution in [-0.4, -0.2) is 170 Å². The lowest BCUT2D eigenvalue weighted by Crippen LogP contribution is -2.60. The number of nitrogens with zero attached hydrogens (tertiary/aromatic N) is 1. The normalized spacial score (nSPS) is 16.1. The van der Waals surface area contributed by atoms with Gasteiger partial charge >= 0.3 is 12.1 Å². The van der Waals surface area contributed by atoms with Crippen LogP contribution in [0.1, 0.15) is 119 Å². The minimum atomic E-state index is -1.80. The first kappa shape index (κ1) is 71.9. The summed E-state index contributed by atoms with van der Waals surface area (Å²) in [6.07, 6.45) is 2.54. The smallest absolute Gasteiger partial charge is 0.373 e. The van der Waals surface area contributed by atoms with Crippen molar-refractivity contribution in [2.24, 2.45) is 23.7 Å². The molecule has 0 radical (unpaired) electrons. The molecule has 0 bridgehead atoms. The molecule has 0 spiro atoms. The van der Waals surface area contributed by atoms with Gasteiger partial charge in [0, 0.05) is 77.9 Å². The van der Waals surface area contributed by atoms with Crippen LogP contribution in [0.15, 0.2) is 60.9 Å². The molecule has 1 fully saturated rings. The van der Waals surface area contributed by atoms with Crippen LogP contribution in [0.25, 0.3) is 21.8 Å². The summed E-state index contributed by atoms with van der Waals surface area (Å²) in [5.74, 6) is -10.6. The predicted octanol–water partition coefficient (Wildman–Crippen LogP) is 1.63. The van der Waals surface area contributed by atoms with Crippen molar-refractivity contribution >= 4 is 92.8 Å². The van der Waals surface area contributed by atoms with E-state index in [-0.39, 0.29) is 55.4 Å². The fraction of sp³-hybridized carbons (Fsp3) is 0.548. The first-order valence-electron chi connectivity index (χ1n) is 29.7. The van der Waals surface area contributed by atoms with Crippen molar-refractivity contribution in [1.29, 1.82) is 0 Å². The van der Waals surface area contributed by atoms with Gasteiger partial charge in [0.25, 0.3) is 0 Å². The third-order valence-corrected chi connectivity index (χ3v) is 15.2. The van der Waals surface area contributed by atoms with E-state index in [9.17, 15) is 63.0 Å². The zero-order chi connectivity index (χ0) is 65.7. The second kappa shape index (κ2) is 34.1. The number of carboxylic acids is 1. The van der Waals surface area contributed by atoms with E-state index < -0.39 is 138 Å². The molecule has 1 aliphatic heterocycles. The summed E-state index contributed by atoms with van der Waals surface area (Å²) in [7, 11) is 0. The maximum atomic E-state index is 14.5. The molecule has 10 atom stereocenters. The number of aromatic nitrogens is 2. The third-order valence-electron chi connectivity index (χ3n) is 15.2. The van der Waals surface area contributed by atoms with E-state index in [1.54, 1.807) is 73.0 Å². The van der Waals surface area contributed by atoms with E-state index in [0.717, 1.165) is 21.8 Å². The number of Topliss-reactive ketones (excluding diaryl/α,β-unsaturated/α-hetero) is 2. The summed E-state index contributed by atoms with van der Waals surface area (Å²) in [4.78, 5) is 175. The molecule has 1 saturated heterocycles. The number of hydrogen-bond acceptors (Lipinski definition) is 15. The predicted molar refractivity (Wildman–Crippen MR) is 323 cm³/mol. The highest BCUT2D eigenvalue weighted by molar-refractivity contribution is 6.00. The van der Waals surface area contributed by atoms with Gasteiger partial charge in [-0.15, -0.1) is 0 Å². The van der Waals surface area contributed by atoms with Crippen LogP contribution >= 0.6 is 0 Å². The number of carboxylic acid groups (broad SMARTS) is 1. The number of fused-ring (bicyclic) bond motifs is 2. The molecule has 0 aliphatic carbocycles. The molecular formula is C62H87N11O15. The minimum absolute atomic E-state index is 0.0687. The molecule has 26 nitrogen and oxygen atoms in total. The Morgan fingerprint density at radius 3 is 1.61 bits per heavy atom. The van der Waals surface area contributed by atoms with E-state index >= 15 is 0 Å². The third kappa shape index (κ3) is 20.5. The average Bonchev–Trinajstić information content (AvgIpc) is 4.43. The largest absolute Gasteiger partial charge is 0.481 e. The van der Waals surface area contributed by atoms with Crippen molar-refractivity contribution < 1.29 is 72.5 Å². The number of H-pyrrole nitrogens is 2. The van der Waals surface area contributed by atoms with Crippen LogP contribution in [-0.2, 0) is 75.2 Å². The number of para-hydroxylation sites is 2. The molecule has 1 aliphatic rings. The van der Waals surface area contributed by atoms with E-state index in [0.29, 0.717) is 30.5 Å². The lowest BCUT2D eigenvalue weighted by atomic mass is 9.93. The first-order valence-corrected chi connectivity index (χ1v) is 29.7. The topological polar surface area (TPSA) is 393 Å². The van der Waals surface area contributed by atoms with Gasteiger partial charge < -0.3 is 67.6 Å². The number of nitrogens with one attached hydrogen (secondary N) is 10. The maximum absolute atomic E-state index is 14.5. The van der Waals surface area contributed by atoms with Crippen LogP contribution in [0, 0.1) is 23.7 Å². The molecule has 2 aromatic heterocycles. The number of amides is 8. The molecule has 12 N–H and O–H groups in total. The number of carbonyl (C=O) groups is 11. The highest BCUT2D eigenvalue weighted by Gasteiger charge is 2.41. The summed E-state index contributed by atoms with van der Waals surface area (Å²) < 4.78 is 0. The highest BCUT2D eigenvalue weighted by Crippen LogP contribution is 2.25. The molecule has 88 heavy (non-hydrogen) atoms. The number of aromatic amines is 2. The van der Waals surface area contributed by atoms with Gasteiger partial charge in [-0.1, -0.05) is 98.7 Å². The Hall–Kier alpha value is -8.61. The van der Waals surface area contributed by atoms with Crippen molar-refractivity contribution in [2.45, 2.75) is 182 Å². The standard InChI is InChI=1S/C61H87N11O13.CO2/c1-12-37(26-48(74)53(36(11)73)65-34(8)9)56(80)66-35(10)55(79)68-45(25-39-29-63-43-21-16-14-19-41(39)43)59(83)70-51(31(2)3)60(84)69-46(27-50(76)77)57(81)64-30-49(75)67-44(24-38-28-62-42-20-15-13-18-40(38)42)58(82)71-52(32(4)5)61(85)72-23-17-22-47(72)54(78)33(6)7;2-1-3/h13-16,18-21,28-29,31-37,44-47,51-53,62-63,65,73H,12,17,22-27,30H2,1-11H3,(H,64,81)(H,66,80)(H,67,75)(H,68,79)(H,69,84)(H,70,83)(H,71,82)(H,76,77);/t35-,36+,37+,44-,45-,46-,47-,51-,52-,53-;/m0./s1. The molecule has 4 aromatic rings. The Balaban J connectivity index is 0.00000540. The zero-order valence-electron chi connectivity index (χ0n) is 51.9. The number of aliphatic hydroxyl groups excluding tert-OH is 1. The van der Waals surface area contributed by atoms with Gasteiger partial charge in [0.1, 0.15) is 36.3 Å². The van der Waals surface area contributed by atoms with Gasteiger partial charge in [-0.05, 0) is 68.2 Å². The quantitative estimate of drug-likeness (QED) is 0.0331. The van der Waals surface area contributed by atoms with Crippen LogP contribution < -0.4 is 42.5 Å². The number of hydrogen-bond donors (Lipinski definition) is 12. The summed E-state index contributed by atoms with van der Waals surface area (Å²) in [5, 5.41) is 42.9. The Labute approximate surface area is 511 Å². The molecule has 5 rings (SSSR count). The van der Waals surface area contributed by atoms with E-state index in [2.05, 4.69) is 52.5 Å². The minimum Gasteiger partial charge on any atom is -0.481 e. The fourth-order valence-corrected chi connectivity index (χ4v) is 10.4. The highest BCUT2D eigenvalue weighted by atomic mass is 16.4. The molecule has 480 valence electrons. The number of likely N-dealkylation sites (tertiary alicyclic amines) is 1. The van der Waals surface area contributed by atoms with Gasteiger partial charge in [-0.2, -0.15) is 9.59 Å². The van der Waals surface area contributed by atoms with Gasteiger partial charge in [0.2, 0.25) is 47.3 Å². The van der Waals surface area contributed by atoms with E-state index in [1.807, 2.05) is 50.2 Å². The van der Waals surface area contributed by atoms with E-state index in [4.69, 9.17) is 9.59 Å². The summed E-state index contributed by atoms with van der Waals surface area (Å²) in [5.41, 5.74) is 2.74. The summed E-state index contributed by atoms with van der Waals surface area (Å²) in [6.45, 7) is 18.0. The second-order valence-corrected chi connectivity index (χ2v) is 23.5. The first-order chi connectivity index (χ1) is 41.5. The Kier molecular flexibility index (Phi) is 27.8. The van der Waals surface area contributed by atoms with Crippen molar-refractivity contribution in [3.8, 4) is 0 Å². The van der Waals surface area contributed by atoms with Crippen molar-refractivity contribution in [3.63, 3.8) is 0 Å². The van der Waals surface area contributed by atoms with Gasteiger partial charge in [0.05, 0.1) is 31.2 Å². The van der Waals surface area contributed by atoms with Gasteiger partial charge in [0.15, 0.2) is 11.6 Å². The molecular weight excluding hydrogens is 1140 g/mol. The van der Waals surface area contributed by atoms with Crippen molar-refractivity contribution in [3.05, 3.63) is 72.1 Å². The van der Waals surface area contributed by atoms with Gasteiger partial charge in [-0.25, -0.2) is 0 Å². The van der Waals surface area contributed by atoms with Crippen LogP contribution in [0.4, 0.5) is 0 Å². The van der Waals surface area contributed by atoms with Gasteiger partial charge in [-0.3, -0.25) is 52.7 Å². The summed E-state index contributed by atoms with van der Waals surface area (Å²) in [6, 6.07) is 4.58. The zero-order valence-corrected chi connectivity index (χ0v) is 51.9. The molecule has 3 heterocycles. The number of carbonyl (C=O) groups excluding carboxylic acids is 12. The number of aliphatic hydroxyl groups is 1. The Bertz CT molecular complexity index is 3140. The molecule has 2 aromatic carbocycles.